The molecular weight excluding hydrogens is 459 g/mol. The van der Waals surface area contributed by atoms with Gasteiger partial charge in [0.05, 0.1) is 32.5 Å². The van der Waals surface area contributed by atoms with E-state index in [9.17, 15) is 13.2 Å². The zero-order valence-electron chi connectivity index (χ0n) is 19.4. The monoisotopic (exact) mass is 483 g/mol. The molecule has 0 spiro atoms. The van der Waals surface area contributed by atoms with Crippen LogP contribution in [0.4, 0.5) is 13.2 Å². The first-order valence-electron chi connectivity index (χ1n) is 10.8. The topological polar surface area (TPSA) is 58.4 Å². The van der Waals surface area contributed by atoms with Gasteiger partial charge in [-0.15, -0.1) is 5.10 Å². The van der Waals surface area contributed by atoms with Crippen LogP contribution in [0.3, 0.4) is 0 Å². The van der Waals surface area contributed by atoms with Crippen molar-refractivity contribution in [3.05, 3.63) is 78.5 Å². The third-order valence-corrected chi connectivity index (χ3v) is 5.41. The van der Waals surface area contributed by atoms with Crippen LogP contribution in [0, 0.1) is 0 Å². The van der Waals surface area contributed by atoms with Gasteiger partial charge in [-0.3, -0.25) is 0 Å². The van der Waals surface area contributed by atoms with Crippen molar-refractivity contribution in [2.75, 3.05) is 14.2 Å². The van der Waals surface area contributed by atoms with Gasteiger partial charge in [-0.25, -0.2) is 4.68 Å². The van der Waals surface area contributed by atoms with Crippen LogP contribution in [-0.4, -0.2) is 35.3 Å². The summed E-state index contributed by atoms with van der Waals surface area (Å²) in [6.07, 6.45) is -2.98. The van der Waals surface area contributed by atoms with Gasteiger partial charge in [0.25, 0.3) is 0 Å². The lowest BCUT2D eigenvalue weighted by atomic mass is 10.0. The zero-order valence-corrected chi connectivity index (χ0v) is 19.4. The summed E-state index contributed by atoms with van der Waals surface area (Å²) >= 11 is 0. The summed E-state index contributed by atoms with van der Waals surface area (Å²) in [6, 6.07) is 18.3. The number of hydrogen-bond donors (Lipinski definition) is 0. The van der Waals surface area contributed by atoms with Gasteiger partial charge >= 0.3 is 6.18 Å². The summed E-state index contributed by atoms with van der Waals surface area (Å²) in [5, 5.41) is 8.15. The third kappa shape index (κ3) is 5.74. The Morgan fingerprint density at radius 2 is 1.49 bits per heavy atom. The normalized spacial score (nSPS) is 12.3. The van der Waals surface area contributed by atoms with Gasteiger partial charge in [0, 0.05) is 5.56 Å². The number of halogens is 3. The van der Waals surface area contributed by atoms with E-state index in [-0.39, 0.29) is 6.10 Å². The average molecular weight is 483 g/mol. The molecule has 0 bridgehead atoms. The molecule has 0 N–H and O–H groups in total. The lowest BCUT2D eigenvalue weighted by Crippen LogP contribution is -2.20. The van der Waals surface area contributed by atoms with Crippen molar-refractivity contribution in [3.8, 4) is 39.6 Å². The molecule has 0 aliphatic carbocycles. The Labute approximate surface area is 200 Å². The van der Waals surface area contributed by atoms with E-state index in [0.29, 0.717) is 29.3 Å². The Kier molecular flexibility index (Phi) is 6.95. The molecule has 4 aromatic rings. The SMILES string of the molecule is COc1ccc(-c2ccc(O[C@H](C)Cn3cc(-c4ccc(C(F)(F)F)cc4)nn3)c(OC)c2)cc1. The summed E-state index contributed by atoms with van der Waals surface area (Å²) < 4.78 is 56.8. The molecule has 0 aliphatic rings. The highest BCUT2D eigenvalue weighted by molar-refractivity contribution is 5.67. The standard InChI is InChI=1S/C26H24F3N3O3/c1-17(15-32-16-23(30-31-32)19-4-9-21(10-5-19)26(27,28)29)35-24-13-8-20(14-25(24)34-3)18-6-11-22(33-2)12-7-18/h4-14,16-17H,15H2,1-3H3/t17-/m1/s1. The Hall–Kier alpha value is -4.01. The van der Waals surface area contributed by atoms with Gasteiger partial charge in [0.2, 0.25) is 0 Å². The molecule has 1 aromatic heterocycles. The van der Waals surface area contributed by atoms with Crippen LogP contribution in [0.25, 0.3) is 22.4 Å². The van der Waals surface area contributed by atoms with E-state index in [1.807, 2.05) is 49.4 Å². The highest BCUT2D eigenvalue weighted by Crippen LogP contribution is 2.34. The largest absolute Gasteiger partial charge is 0.497 e. The average Bonchev–Trinajstić information content (AvgIpc) is 3.32. The van der Waals surface area contributed by atoms with Crippen molar-refractivity contribution >= 4 is 0 Å². The zero-order chi connectivity index (χ0) is 25.0. The highest BCUT2D eigenvalue weighted by atomic mass is 19.4. The van der Waals surface area contributed by atoms with E-state index >= 15 is 0 Å². The molecule has 0 unspecified atom stereocenters. The molecule has 1 heterocycles. The van der Waals surface area contributed by atoms with Crippen molar-refractivity contribution in [2.45, 2.75) is 25.7 Å². The van der Waals surface area contributed by atoms with Crippen molar-refractivity contribution < 1.29 is 27.4 Å². The van der Waals surface area contributed by atoms with E-state index in [4.69, 9.17) is 14.2 Å². The number of aromatic nitrogens is 3. The quantitative estimate of drug-likeness (QED) is 0.302. The van der Waals surface area contributed by atoms with Crippen LogP contribution in [0.1, 0.15) is 12.5 Å². The highest BCUT2D eigenvalue weighted by Gasteiger charge is 2.30. The lowest BCUT2D eigenvalue weighted by molar-refractivity contribution is -0.137. The molecule has 0 aliphatic heterocycles. The minimum Gasteiger partial charge on any atom is -0.497 e. The van der Waals surface area contributed by atoms with Crippen molar-refractivity contribution in [3.63, 3.8) is 0 Å². The van der Waals surface area contributed by atoms with Crippen molar-refractivity contribution in [1.82, 2.24) is 15.0 Å². The second-order valence-electron chi connectivity index (χ2n) is 7.92. The van der Waals surface area contributed by atoms with Crippen LogP contribution in [0.2, 0.25) is 0 Å². The van der Waals surface area contributed by atoms with Gasteiger partial charge in [-0.1, -0.05) is 35.5 Å². The predicted octanol–water partition coefficient (Wildman–Crippen LogP) is 6.12. The van der Waals surface area contributed by atoms with Gasteiger partial charge < -0.3 is 14.2 Å². The number of nitrogens with zero attached hydrogens (tertiary/aromatic N) is 3. The minimum atomic E-state index is -4.38. The Morgan fingerprint density at radius 1 is 0.829 bits per heavy atom. The molecule has 6 nitrogen and oxygen atoms in total. The van der Waals surface area contributed by atoms with E-state index in [1.165, 1.54) is 12.1 Å². The molecule has 3 aromatic carbocycles. The molecule has 0 radical (unpaired) electrons. The number of alkyl halides is 3. The third-order valence-electron chi connectivity index (χ3n) is 5.41. The van der Waals surface area contributed by atoms with Gasteiger partial charge in [0.15, 0.2) is 11.5 Å². The fourth-order valence-electron chi connectivity index (χ4n) is 3.60. The van der Waals surface area contributed by atoms with Gasteiger partial charge in [0.1, 0.15) is 17.5 Å². The van der Waals surface area contributed by atoms with Crippen LogP contribution < -0.4 is 14.2 Å². The molecule has 0 saturated heterocycles. The molecular formula is C26H24F3N3O3. The Balaban J connectivity index is 1.43. The van der Waals surface area contributed by atoms with E-state index in [2.05, 4.69) is 10.3 Å². The molecule has 0 fully saturated rings. The summed E-state index contributed by atoms with van der Waals surface area (Å²) in [5.41, 5.74) is 2.31. The van der Waals surface area contributed by atoms with Crippen LogP contribution in [0.5, 0.6) is 17.2 Å². The second-order valence-corrected chi connectivity index (χ2v) is 7.92. The number of ether oxygens (including phenoxy) is 3. The minimum absolute atomic E-state index is 0.280. The fraction of sp³-hybridized carbons (Fsp3) is 0.231. The Bertz CT molecular complexity index is 1270. The number of rotatable bonds is 8. The number of methoxy groups -OCH3 is 2. The van der Waals surface area contributed by atoms with Crippen molar-refractivity contribution in [2.24, 2.45) is 0 Å². The van der Waals surface area contributed by atoms with E-state index in [1.54, 1.807) is 25.1 Å². The Morgan fingerprint density at radius 3 is 2.11 bits per heavy atom. The molecule has 0 amide bonds. The summed E-state index contributed by atoms with van der Waals surface area (Å²) in [6.45, 7) is 2.27. The summed E-state index contributed by atoms with van der Waals surface area (Å²) in [4.78, 5) is 0. The maximum atomic E-state index is 12.8. The van der Waals surface area contributed by atoms with E-state index < -0.39 is 11.7 Å². The lowest BCUT2D eigenvalue weighted by Gasteiger charge is -2.17. The second kappa shape index (κ2) is 10.1. The fourth-order valence-corrected chi connectivity index (χ4v) is 3.60. The first-order valence-corrected chi connectivity index (χ1v) is 10.8. The first kappa shape index (κ1) is 24.1. The molecule has 4 rings (SSSR count). The number of hydrogen-bond acceptors (Lipinski definition) is 5. The smallest absolute Gasteiger partial charge is 0.416 e. The van der Waals surface area contributed by atoms with Crippen LogP contribution in [-0.2, 0) is 12.7 Å². The maximum absolute atomic E-state index is 12.8. The predicted molar refractivity (Wildman–Crippen MR) is 126 cm³/mol. The number of benzene rings is 3. The van der Waals surface area contributed by atoms with Gasteiger partial charge in [-0.2, -0.15) is 13.2 Å². The van der Waals surface area contributed by atoms with Crippen LogP contribution >= 0.6 is 0 Å². The molecule has 182 valence electrons. The van der Waals surface area contributed by atoms with Crippen LogP contribution in [0.15, 0.2) is 72.9 Å². The molecule has 35 heavy (non-hydrogen) atoms. The van der Waals surface area contributed by atoms with Crippen molar-refractivity contribution in [1.29, 1.82) is 0 Å². The maximum Gasteiger partial charge on any atom is 0.416 e. The molecule has 9 heteroatoms. The summed E-state index contributed by atoms with van der Waals surface area (Å²) in [5.74, 6) is 1.96. The molecule has 1 atom stereocenters. The van der Waals surface area contributed by atoms with Gasteiger partial charge in [-0.05, 0) is 54.4 Å². The van der Waals surface area contributed by atoms with E-state index in [0.717, 1.165) is 29.0 Å². The summed E-state index contributed by atoms with van der Waals surface area (Å²) in [7, 11) is 3.21. The molecule has 0 saturated carbocycles. The first-order chi connectivity index (χ1) is 16.8.